The summed E-state index contributed by atoms with van der Waals surface area (Å²) in [5, 5.41) is 0.756. The highest BCUT2D eigenvalue weighted by Crippen LogP contribution is 2.29. The minimum Gasteiger partial charge on any atom is -0.448 e. The largest absolute Gasteiger partial charge is 0.448 e. The van der Waals surface area contributed by atoms with Gasteiger partial charge in [0.2, 0.25) is 5.78 Å². The molecule has 0 aliphatic heterocycles. The first-order valence-electron chi connectivity index (χ1n) is 11.8. The van der Waals surface area contributed by atoms with Crippen LogP contribution in [-0.2, 0) is 36.6 Å². The van der Waals surface area contributed by atoms with E-state index in [9.17, 15) is 19.2 Å². The Kier molecular flexibility index (Phi) is 6.08. The summed E-state index contributed by atoms with van der Waals surface area (Å²) < 4.78 is 9.25. The molecule has 10 nitrogen and oxygen atoms in total. The number of aryl methyl sites for hydroxylation is 2. The predicted octanol–water partition coefficient (Wildman–Crippen LogP) is 2.64. The number of Topliss-reactive ketones (excluding diaryl/α,β-unsaturated/α-hetero) is 1. The molecule has 2 aromatic carbocycles. The summed E-state index contributed by atoms with van der Waals surface area (Å²) in [6.45, 7) is 1.67. The molecule has 0 radical (unpaired) electrons. The molecule has 5 rings (SSSR count). The second-order valence-corrected chi connectivity index (χ2v) is 8.79. The first-order valence-corrected chi connectivity index (χ1v) is 11.8. The summed E-state index contributed by atoms with van der Waals surface area (Å²) in [6.07, 6.45) is 2.55. The second-order valence-electron chi connectivity index (χ2n) is 8.79. The molecule has 0 amide bonds. The Hall–Kier alpha value is -4.73. The standard InChI is InChI=1S/C27H25N5O5/c1-4-16-11-8-12-18-19(13-28-21(16)18)23(34)24(17-9-6-5-7-10-17)37-20(33)14-32-15-29-25-22(32)26(35)31(3)27(36)30(25)2/h5-13,15,24,28H,4,14H2,1-3H3. The quantitative estimate of drug-likeness (QED) is 0.271. The molecule has 1 N–H and O–H groups in total. The zero-order valence-electron chi connectivity index (χ0n) is 20.6. The number of para-hydroxylation sites is 1. The van der Waals surface area contributed by atoms with Crippen molar-refractivity contribution in [3.8, 4) is 0 Å². The summed E-state index contributed by atoms with van der Waals surface area (Å²) in [4.78, 5) is 59.1. The lowest BCUT2D eigenvalue weighted by Crippen LogP contribution is -2.37. The van der Waals surface area contributed by atoms with Crippen LogP contribution in [0.3, 0.4) is 0 Å². The maximum absolute atomic E-state index is 13.7. The van der Waals surface area contributed by atoms with Gasteiger partial charge in [-0.1, -0.05) is 55.5 Å². The van der Waals surface area contributed by atoms with Crippen molar-refractivity contribution >= 4 is 33.8 Å². The van der Waals surface area contributed by atoms with Gasteiger partial charge >= 0.3 is 11.7 Å². The van der Waals surface area contributed by atoms with Gasteiger partial charge in [0.25, 0.3) is 5.56 Å². The van der Waals surface area contributed by atoms with E-state index in [-0.39, 0.29) is 23.5 Å². The smallest absolute Gasteiger partial charge is 0.332 e. The van der Waals surface area contributed by atoms with Crippen molar-refractivity contribution in [3.05, 3.63) is 98.6 Å². The Balaban J connectivity index is 1.50. The van der Waals surface area contributed by atoms with Crippen molar-refractivity contribution in [1.82, 2.24) is 23.7 Å². The van der Waals surface area contributed by atoms with E-state index in [2.05, 4.69) is 9.97 Å². The van der Waals surface area contributed by atoms with Gasteiger partial charge < -0.3 is 14.3 Å². The Labute approximate surface area is 210 Å². The third-order valence-electron chi connectivity index (χ3n) is 6.55. The lowest BCUT2D eigenvalue weighted by atomic mass is 9.98. The van der Waals surface area contributed by atoms with Gasteiger partial charge in [-0.05, 0) is 12.0 Å². The van der Waals surface area contributed by atoms with Crippen LogP contribution in [-0.4, -0.2) is 35.4 Å². The fourth-order valence-electron chi connectivity index (χ4n) is 4.58. The van der Waals surface area contributed by atoms with Gasteiger partial charge in [0.05, 0.1) is 6.33 Å². The number of nitrogens with zero attached hydrogens (tertiary/aromatic N) is 4. The molecule has 0 aliphatic carbocycles. The molecular weight excluding hydrogens is 474 g/mol. The predicted molar refractivity (Wildman–Crippen MR) is 137 cm³/mol. The maximum Gasteiger partial charge on any atom is 0.332 e. The number of esters is 1. The van der Waals surface area contributed by atoms with Gasteiger partial charge in [0.15, 0.2) is 17.3 Å². The van der Waals surface area contributed by atoms with Crippen molar-refractivity contribution in [2.75, 3.05) is 0 Å². The number of benzene rings is 2. The van der Waals surface area contributed by atoms with Crippen molar-refractivity contribution in [2.24, 2.45) is 14.1 Å². The lowest BCUT2D eigenvalue weighted by Gasteiger charge is -2.17. The van der Waals surface area contributed by atoms with E-state index in [0.29, 0.717) is 11.1 Å². The normalized spacial score (nSPS) is 12.2. The lowest BCUT2D eigenvalue weighted by molar-refractivity contribution is -0.148. The third-order valence-corrected chi connectivity index (χ3v) is 6.55. The monoisotopic (exact) mass is 499 g/mol. The minimum atomic E-state index is -1.19. The zero-order valence-corrected chi connectivity index (χ0v) is 20.6. The molecule has 3 heterocycles. The van der Waals surface area contributed by atoms with Gasteiger partial charge in [-0.2, -0.15) is 0 Å². The maximum atomic E-state index is 13.7. The Morgan fingerprint density at radius 2 is 1.78 bits per heavy atom. The third kappa shape index (κ3) is 4.06. The number of carbonyl (C=O) groups excluding carboxylic acids is 2. The minimum absolute atomic E-state index is 0.0906. The van der Waals surface area contributed by atoms with E-state index >= 15 is 0 Å². The molecule has 0 saturated carbocycles. The number of carbonyl (C=O) groups is 2. The molecule has 0 fully saturated rings. The number of H-pyrrole nitrogens is 1. The van der Waals surface area contributed by atoms with E-state index in [1.54, 1.807) is 30.5 Å². The molecule has 5 aromatic rings. The van der Waals surface area contributed by atoms with Crippen LogP contribution in [0.1, 0.15) is 34.5 Å². The van der Waals surface area contributed by atoms with Crippen LogP contribution in [0.15, 0.2) is 70.6 Å². The Morgan fingerprint density at radius 1 is 1.03 bits per heavy atom. The van der Waals surface area contributed by atoms with Crippen LogP contribution in [0, 0.1) is 0 Å². The van der Waals surface area contributed by atoms with Crippen molar-refractivity contribution < 1.29 is 14.3 Å². The van der Waals surface area contributed by atoms with Crippen molar-refractivity contribution in [3.63, 3.8) is 0 Å². The summed E-state index contributed by atoms with van der Waals surface area (Å²) in [6, 6.07) is 14.5. The average molecular weight is 500 g/mol. The Morgan fingerprint density at radius 3 is 2.51 bits per heavy atom. The van der Waals surface area contributed by atoms with E-state index in [4.69, 9.17) is 4.74 Å². The van der Waals surface area contributed by atoms with Crippen LogP contribution >= 0.6 is 0 Å². The summed E-state index contributed by atoms with van der Waals surface area (Å²) in [5.74, 6) is -1.10. The second kappa shape index (κ2) is 9.38. The Bertz CT molecular complexity index is 1770. The molecule has 1 atom stereocenters. The van der Waals surface area contributed by atoms with Gasteiger partial charge in [0.1, 0.15) is 6.54 Å². The fraction of sp³-hybridized carbons (Fsp3) is 0.222. The van der Waals surface area contributed by atoms with Gasteiger partial charge in [0, 0.05) is 42.3 Å². The summed E-state index contributed by atoms with van der Waals surface area (Å²) >= 11 is 0. The first kappa shape index (κ1) is 24.0. The SMILES string of the molecule is CCc1cccc2c(C(=O)C(OC(=O)Cn3cnc4c3c(=O)n(C)c(=O)n4C)c3ccccc3)c[nH]c12. The average Bonchev–Trinajstić information content (AvgIpc) is 3.54. The van der Waals surface area contributed by atoms with Gasteiger partial charge in [-0.15, -0.1) is 0 Å². The van der Waals surface area contributed by atoms with Gasteiger partial charge in [-0.3, -0.25) is 23.5 Å². The molecule has 10 heteroatoms. The number of ketones is 1. The van der Waals surface area contributed by atoms with E-state index in [0.717, 1.165) is 27.5 Å². The molecule has 0 aliphatic rings. The molecular formula is C27H25N5O5. The number of aromatic amines is 1. The highest BCUT2D eigenvalue weighted by Gasteiger charge is 2.29. The topological polar surface area (TPSA) is 121 Å². The highest BCUT2D eigenvalue weighted by molar-refractivity contribution is 6.11. The number of fused-ring (bicyclic) bond motifs is 2. The van der Waals surface area contributed by atoms with Crippen molar-refractivity contribution in [1.29, 1.82) is 0 Å². The van der Waals surface area contributed by atoms with E-state index < -0.39 is 23.3 Å². The van der Waals surface area contributed by atoms with Crippen LogP contribution in [0.5, 0.6) is 0 Å². The summed E-state index contributed by atoms with van der Waals surface area (Å²) in [7, 11) is 2.85. The molecule has 188 valence electrons. The molecule has 3 aromatic heterocycles. The number of nitrogens with one attached hydrogen (secondary N) is 1. The highest BCUT2D eigenvalue weighted by atomic mass is 16.5. The first-order chi connectivity index (χ1) is 17.8. The number of ether oxygens (including phenoxy) is 1. The number of imidazole rings is 1. The zero-order chi connectivity index (χ0) is 26.3. The van der Waals surface area contributed by atoms with Crippen LogP contribution in [0.2, 0.25) is 0 Å². The number of hydrogen-bond donors (Lipinski definition) is 1. The summed E-state index contributed by atoms with van der Waals surface area (Å²) in [5.41, 5.74) is 2.04. The molecule has 0 spiro atoms. The molecule has 0 saturated heterocycles. The number of aromatic nitrogens is 5. The molecule has 0 bridgehead atoms. The van der Waals surface area contributed by atoms with Crippen LogP contribution in [0.4, 0.5) is 0 Å². The fourth-order valence-corrected chi connectivity index (χ4v) is 4.58. The van der Waals surface area contributed by atoms with Gasteiger partial charge in [-0.25, -0.2) is 9.78 Å². The van der Waals surface area contributed by atoms with Crippen LogP contribution in [0.25, 0.3) is 22.1 Å². The van der Waals surface area contributed by atoms with E-state index in [1.807, 2.05) is 31.2 Å². The number of hydrogen-bond acceptors (Lipinski definition) is 6. The van der Waals surface area contributed by atoms with Crippen LogP contribution < -0.4 is 11.2 Å². The molecule has 37 heavy (non-hydrogen) atoms. The number of rotatable bonds is 7. The molecule has 1 unspecified atom stereocenters. The van der Waals surface area contributed by atoms with E-state index in [1.165, 1.54) is 29.6 Å². The van der Waals surface area contributed by atoms with Crippen molar-refractivity contribution in [2.45, 2.75) is 26.0 Å².